The average molecular weight is 146 g/mol. The molecule has 0 aromatic heterocycles. The van der Waals surface area contributed by atoms with Crippen LogP contribution in [0.1, 0.15) is 13.8 Å². The second kappa shape index (κ2) is 4.44. The van der Waals surface area contributed by atoms with Crippen LogP contribution in [0.15, 0.2) is 11.0 Å². The van der Waals surface area contributed by atoms with E-state index in [1.807, 2.05) is 0 Å². The molecule has 52 valence electrons. The maximum absolute atomic E-state index is 10.5. The highest BCUT2D eigenvalue weighted by Gasteiger charge is 1.92. The molecule has 0 saturated heterocycles. The molecule has 0 radical (unpaired) electrons. The Morgan fingerprint density at radius 3 is 2.67 bits per heavy atom. The van der Waals surface area contributed by atoms with Gasteiger partial charge in [-0.25, -0.2) is 4.79 Å². The van der Waals surface area contributed by atoms with E-state index in [4.69, 9.17) is 0 Å². The molecule has 0 atom stereocenters. The molecule has 0 fully saturated rings. The molecule has 0 aliphatic rings. The topological polar surface area (TPSA) is 26.3 Å². The first-order valence-corrected chi connectivity index (χ1v) is 3.15. The monoisotopic (exact) mass is 146 g/mol. The number of esters is 1. The van der Waals surface area contributed by atoms with Crippen molar-refractivity contribution in [1.82, 2.24) is 0 Å². The van der Waals surface area contributed by atoms with Crippen LogP contribution in [0.25, 0.3) is 0 Å². The Hall–Kier alpha value is -0.440. The van der Waals surface area contributed by atoms with E-state index in [1.165, 1.54) is 6.08 Å². The lowest BCUT2D eigenvalue weighted by atomic mass is 10.5. The van der Waals surface area contributed by atoms with E-state index in [0.717, 1.165) is 0 Å². The van der Waals surface area contributed by atoms with E-state index < -0.39 is 0 Å². The Labute approximate surface area is 60.3 Å². The molecule has 0 aliphatic carbocycles. The minimum atomic E-state index is -0.329. The standard InChI is InChI=1S/C6H10O2S/c1-3-8-6(7)4-5(2)9/h4,9H,3H2,1-2H3. The Morgan fingerprint density at radius 2 is 2.33 bits per heavy atom. The zero-order valence-corrected chi connectivity index (χ0v) is 6.44. The first-order valence-electron chi connectivity index (χ1n) is 2.70. The number of carbonyl (C=O) groups excluding carboxylic acids is 1. The first kappa shape index (κ1) is 8.56. The van der Waals surface area contributed by atoms with Gasteiger partial charge in [0, 0.05) is 6.08 Å². The highest BCUT2D eigenvalue weighted by Crippen LogP contribution is 1.96. The first-order chi connectivity index (χ1) is 4.16. The molecular weight excluding hydrogens is 136 g/mol. The predicted octanol–water partition coefficient (Wildman–Crippen LogP) is 1.38. The van der Waals surface area contributed by atoms with Crippen molar-refractivity contribution in [2.75, 3.05) is 6.61 Å². The number of hydrogen-bond donors (Lipinski definition) is 1. The molecule has 0 heterocycles. The molecule has 0 amide bonds. The summed E-state index contributed by atoms with van der Waals surface area (Å²) in [7, 11) is 0. The van der Waals surface area contributed by atoms with E-state index in [0.29, 0.717) is 11.5 Å². The van der Waals surface area contributed by atoms with Crippen molar-refractivity contribution in [3.05, 3.63) is 11.0 Å². The fraction of sp³-hybridized carbons (Fsp3) is 0.500. The summed E-state index contributed by atoms with van der Waals surface area (Å²) in [6.45, 7) is 3.90. The molecule has 0 bridgehead atoms. The van der Waals surface area contributed by atoms with Crippen molar-refractivity contribution >= 4 is 18.6 Å². The zero-order chi connectivity index (χ0) is 7.28. The Morgan fingerprint density at radius 1 is 1.78 bits per heavy atom. The largest absolute Gasteiger partial charge is 0.463 e. The van der Waals surface area contributed by atoms with Crippen LogP contribution in [-0.4, -0.2) is 12.6 Å². The lowest BCUT2D eigenvalue weighted by molar-refractivity contribution is -0.137. The van der Waals surface area contributed by atoms with Gasteiger partial charge in [0.2, 0.25) is 0 Å². The summed E-state index contributed by atoms with van der Waals surface area (Å²) in [5.74, 6) is -0.329. The number of carbonyl (C=O) groups is 1. The summed E-state index contributed by atoms with van der Waals surface area (Å²) in [6.07, 6.45) is 1.34. The average Bonchev–Trinajstić information content (AvgIpc) is 1.63. The van der Waals surface area contributed by atoms with Crippen molar-refractivity contribution in [2.24, 2.45) is 0 Å². The van der Waals surface area contributed by atoms with Gasteiger partial charge in [-0.3, -0.25) is 0 Å². The van der Waals surface area contributed by atoms with Gasteiger partial charge in [0.05, 0.1) is 6.61 Å². The smallest absolute Gasteiger partial charge is 0.331 e. The van der Waals surface area contributed by atoms with Gasteiger partial charge < -0.3 is 4.74 Å². The van der Waals surface area contributed by atoms with E-state index in [2.05, 4.69) is 17.4 Å². The van der Waals surface area contributed by atoms with Gasteiger partial charge in [0.15, 0.2) is 0 Å². The van der Waals surface area contributed by atoms with Crippen molar-refractivity contribution in [2.45, 2.75) is 13.8 Å². The van der Waals surface area contributed by atoms with E-state index in [9.17, 15) is 4.79 Å². The molecule has 0 aromatic rings. The molecule has 0 aromatic carbocycles. The minimum Gasteiger partial charge on any atom is -0.463 e. The van der Waals surface area contributed by atoms with Crippen LogP contribution < -0.4 is 0 Å². The van der Waals surface area contributed by atoms with Crippen LogP contribution in [0.5, 0.6) is 0 Å². The van der Waals surface area contributed by atoms with Crippen molar-refractivity contribution < 1.29 is 9.53 Å². The van der Waals surface area contributed by atoms with Crippen molar-refractivity contribution in [1.29, 1.82) is 0 Å². The van der Waals surface area contributed by atoms with Crippen LogP contribution >= 0.6 is 12.6 Å². The van der Waals surface area contributed by atoms with Crippen LogP contribution in [0.2, 0.25) is 0 Å². The van der Waals surface area contributed by atoms with Crippen LogP contribution in [-0.2, 0) is 9.53 Å². The van der Waals surface area contributed by atoms with Crippen molar-refractivity contribution in [3.63, 3.8) is 0 Å². The Balaban J connectivity index is 3.63. The fourth-order valence-electron chi connectivity index (χ4n) is 0.354. The third-order valence-corrected chi connectivity index (χ3v) is 0.742. The van der Waals surface area contributed by atoms with Gasteiger partial charge in [-0.05, 0) is 18.8 Å². The molecule has 0 saturated carbocycles. The number of rotatable bonds is 2. The lowest BCUT2D eigenvalue weighted by Gasteiger charge is -1.93. The van der Waals surface area contributed by atoms with Crippen LogP contribution in [0.3, 0.4) is 0 Å². The Bertz CT molecular complexity index is 125. The molecule has 2 nitrogen and oxygen atoms in total. The molecular formula is C6H10O2S. The van der Waals surface area contributed by atoms with Gasteiger partial charge in [0.25, 0.3) is 0 Å². The summed E-state index contributed by atoms with van der Waals surface area (Å²) in [5.41, 5.74) is 0. The highest BCUT2D eigenvalue weighted by molar-refractivity contribution is 7.84. The quantitative estimate of drug-likeness (QED) is 0.362. The maximum Gasteiger partial charge on any atom is 0.331 e. The molecule has 9 heavy (non-hydrogen) atoms. The van der Waals surface area contributed by atoms with Gasteiger partial charge in [0.1, 0.15) is 0 Å². The third kappa shape index (κ3) is 5.43. The number of allylic oxidation sites excluding steroid dienone is 1. The second-order valence-electron chi connectivity index (χ2n) is 1.54. The van der Waals surface area contributed by atoms with Gasteiger partial charge in [-0.1, -0.05) is 0 Å². The summed E-state index contributed by atoms with van der Waals surface area (Å²) in [6, 6.07) is 0. The van der Waals surface area contributed by atoms with Gasteiger partial charge >= 0.3 is 5.97 Å². The number of hydrogen-bond acceptors (Lipinski definition) is 3. The summed E-state index contributed by atoms with van der Waals surface area (Å²) in [4.78, 5) is 11.2. The maximum atomic E-state index is 10.5. The predicted molar refractivity (Wildman–Crippen MR) is 39.4 cm³/mol. The van der Waals surface area contributed by atoms with Crippen molar-refractivity contribution in [3.8, 4) is 0 Å². The third-order valence-electron chi connectivity index (χ3n) is 0.613. The normalized spacial score (nSPS) is 11.2. The molecule has 0 aliphatic heterocycles. The number of ether oxygens (including phenoxy) is 1. The van der Waals surface area contributed by atoms with Crippen LogP contribution in [0, 0.1) is 0 Å². The Kier molecular flexibility index (Phi) is 4.22. The molecule has 0 spiro atoms. The summed E-state index contributed by atoms with van der Waals surface area (Å²) in [5, 5.41) is 0. The van der Waals surface area contributed by atoms with Gasteiger partial charge in [-0.2, -0.15) is 0 Å². The summed E-state index contributed by atoms with van der Waals surface area (Å²) < 4.78 is 4.59. The second-order valence-corrected chi connectivity index (χ2v) is 2.24. The molecule has 3 heteroatoms. The molecule has 0 unspecified atom stereocenters. The van der Waals surface area contributed by atoms with E-state index in [-0.39, 0.29) is 5.97 Å². The summed E-state index contributed by atoms with van der Waals surface area (Å²) >= 11 is 3.89. The molecule has 0 rings (SSSR count). The minimum absolute atomic E-state index is 0.329. The van der Waals surface area contributed by atoms with Gasteiger partial charge in [-0.15, -0.1) is 12.6 Å². The zero-order valence-electron chi connectivity index (χ0n) is 5.55. The fourth-order valence-corrected chi connectivity index (χ4v) is 0.460. The van der Waals surface area contributed by atoms with Crippen LogP contribution in [0.4, 0.5) is 0 Å². The lowest BCUT2D eigenvalue weighted by Crippen LogP contribution is -1.99. The molecule has 0 N–H and O–H groups in total. The SMILES string of the molecule is CCOC(=O)C=C(C)S. The van der Waals surface area contributed by atoms with E-state index >= 15 is 0 Å². The number of thiol groups is 1. The highest BCUT2D eigenvalue weighted by atomic mass is 32.1. The van der Waals surface area contributed by atoms with E-state index in [1.54, 1.807) is 13.8 Å².